The van der Waals surface area contributed by atoms with Crippen LogP contribution in [0.3, 0.4) is 0 Å². The molecule has 6 nitrogen and oxygen atoms in total. The number of sulfonamides is 1. The zero-order chi connectivity index (χ0) is 14.9. The summed E-state index contributed by atoms with van der Waals surface area (Å²) in [7, 11) is -3.49. The minimum Gasteiger partial charge on any atom is -0.310 e. The smallest absolute Gasteiger partial charge is 0.257 e. The molecule has 0 aliphatic heterocycles. The number of aromatic nitrogens is 2. The van der Waals surface area contributed by atoms with Crippen LogP contribution in [0.5, 0.6) is 0 Å². The summed E-state index contributed by atoms with van der Waals surface area (Å²) in [6.45, 7) is 3.28. The second kappa shape index (κ2) is 6.06. The van der Waals surface area contributed by atoms with Crippen molar-refractivity contribution in [3.63, 3.8) is 0 Å². The number of aromatic amines is 1. The first-order valence-electron chi connectivity index (χ1n) is 7.81. The molecule has 21 heavy (non-hydrogen) atoms. The zero-order valence-corrected chi connectivity index (χ0v) is 13.2. The van der Waals surface area contributed by atoms with Crippen LogP contribution in [0.15, 0.2) is 11.2 Å². The molecule has 118 valence electrons. The van der Waals surface area contributed by atoms with Crippen LogP contribution in [-0.2, 0) is 16.6 Å². The number of hydrogen-bond donors (Lipinski definition) is 3. The third kappa shape index (κ3) is 3.64. The molecule has 2 aliphatic carbocycles. The molecule has 1 aromatic heterocycles. The van der Waals surface area contributed by atoms with Crippen LogP contribution in [0.4, 0.5) is 0 Å². The van der Waals surface area contributed by atoms with Gasteiger partial charge in [-0.25, -0.2) is 13.1 Å². The first kappa shape index (κ1) is 15.0. The van der Waals surface area contributed by atoms with Gasteiger partial charge in [-0.3, -0.25) is 5.10 Å². The van der Waals surface area contributed by atoms with Gasteiger partial charge in [-0.1, -0.05) is 19.8 Å². The van der Waals surface area contributed by atoms with Gasteiger partial charge in [-0.2, -0.15) is 5.10 Å². The molecule has 2 fully saturated rings. The maximum atomic E-state index is 12.4. The molecule has 1 aromatic rings. The zero-order valence-electron chi connectivity index (χ0n) is 12.4. The average Bonchev–Trinajstić information content (AvgIpc) is 2.98. The topological polar surface area (TPSA) is 86.9 Å². The van der Waals surface area contributed by atoms with E-state index in [1.165, 1.54) is 25.7 Å². The Balaban J connectivity index is 1.62. The van der Waals surface area contributed by atoms with Crippen LogP contribution in [0, 0.1) is 11.8 Å². The fourth-order valence-electron chi connectivity index (χ4n) is 3.01. The van der Waals surface area contributed by atoms with E-state index in [2.05, 4.69) is 27.2 Å². The van der Waals surface area contributed by atoms with E-state index in [1.807, 2.05) is 0 Å². The van der Waals surface area contributed by atoms with E-state index in [-0.39, 0.29) is 5.03 Å². The normalized spacial score (nSPS) is 26.3. The Morgan fingerprint density at radius 2 is 2.14 bits per heavy atom. The summed E-state index contributed by atoms with van der Waals surface area (Å²) < 4.78 is 27.6. The van der Waals surface area contributed by atoms with Crippen LogP contribution in [0.25, 0.3) is 0 Å². The lowest BCUT2D eigenvalue weighted by Gasteiger charge is -2.16. The number of nitrogens with zero attached hydrogens (tertiary/aromatic N) is 1. The van der Waals surface area contributed by atoms with Crippen LogP contribution in [-0.4, -0.2) is 31.2 Å². The first-order valence-corrected chi connectivity index (χ1v) is 9.30. The fourth-order valence-corrected chi connectivity index (χ4v) is 4.23. The van der Waals surface area contributed by atoms with E-state index >= 15 is 0 Å². The van der Waals surface area contributed by atoms with Gasteiger partial charge in [0, 0.05) is 24.7 Å². The average molecular weight is 312 g/mol. The van der Waals surface area contributed by atoms with E-state index in [9.17, 15) is 8.42 Å². The number of hydrogen-bond acceptors (Lipinski definition) is 4. The molecule has 0 amide bonds. The molecule has 7 heteroatoms. The summed E-state index contributed by atoms with van der Waals surface area (Å²) in [6, 6.07) is 0.544. The monoisotopic (exact) mass is 312 g/mol. The molecular weight excluding hydrogens is 288 g/mol. The van der Waals surface area contributed by atoms with Crippen molar-refractivity contribution < 1.29 is 8.42 Å². The summed E-state index contributed by atoms with van der Waals surface area (Å²) in [6.07, 6.45) is 7.47. The predicted molar refractivity (Wildman–Crippen MR) is 80.1 cm³/mol. The van der Waals surface area contributed by atoms with Gasteiger partial charge in [0.05, 0.1) is 6.20 Å². The highest BCUT2D eigenvalue weighted by Gasteiger charge is 2.28. The molecule has 1 heterocycles. The molecule has 3 N–H and O–H groups in total. The lowest BCUT2D eigenvalue weighted by atomic mass is 9.99. The van der Waals surface area contributed by atoms with Crippen LogP contribution < -0.4 is 10.0 Å². The summed E-state index contributed by atoms with van der Waals surface area (Å²) in [5.74, 6) is 1.06. The second-order valence-electron chi connectivity index (χ2n) is 6.40. The van der Waals surface area contributed by atoms with E-state index < -0.39 is 10.0 Å². The molecule has 2 unspecified atom stereocenters. The quantitative estimate of drug-likeness (QED) is 0.710. The Morgan fingerprint density at radius 3 is 2.81 bits per heavy atom. The minimum atomic E-state index is -3.49. The lowest BCUT2D eigenvalue weighted by molar-refractivity contribution is 0.414. The van der Waals surface area contributed by atoms with E-state index in [0.717, 1.165) is 6.42 Å². The Kier molecular flexibility index (Phi) is 4.33. The molecule has 2 atom stereocenters. The highest BCUT2D eigenvalue weighted by molar-refractivity contribution is 7.89. The predicted octanol–water partition coefficient (Wildman–Crippen LogP) is 1.38. The van der Waals surface area contributed by atoms with Crippen molar-refractivity contribution in [3.8, 4) is 0 Å². The van der Waals surface area contributed by atoms with Crippen LogP contribution in [0.1, 0.15) is 44.6 Å². The van der Waals surface area contributed by atoms with Gasteiger partial charge in [0.25, 0.3) is 10.0 Å². The fraction of sp³-hybridized carbons (Fsp3) is 0.786. The highest BCUT2D eigenvalue weighted by Crippen LogP contribution is 2.30. The van der Waals surface area contributed by atoms with Crippen molar-refractivity contribution in [2.75, 3.05) is 6.54 Å². The minimum absolute atomic E-state index is 0.210. The van der Waals surface area contributed by atoms with Crippen molar-refractivity contribution in [2.24, 2.45) is 11.8 Å². The second-order valence-corrected chi connectivity index (χ2v) is 8.10. The van der Waals surface area contributed by atoms with Crippen molar-refractivity contribution >= 4 is 10.0 Å². The molecule has 3 rings (SSSR count). The first-order chi connectivity index (χ1) is 10.1. The van der Waals surface area contributed by atoms with Crippen LogP contribution >= 0.6 is 0 Å². The molecule has 2 saturated carbocycles. The number of H-pyrrole nitrogens is 1. The van der Waals surface area contributed by atoms with Gasteiger partial charge in [0.15, 0.2) is 5.03 Å². The molecule has 0 spiro atoms. The highest BCUT2D eigenvalue weighted by atomic mass is 32.2. The standard InChI is InChI=1S/C14H24N4O2S/c1-10-3-2-4-11(10)9-17-21(19,20)14-12(8-16-18-14)7-15-13-5-6-13/h8,10-11,13,15,17H,2-7,9H2,1H3,(H,16,18). The van der Waals surface area contributed by atoms with Crippen molar-refractivity contribution in [3.05, 3.63) is 11.8 Å². The summed E-state index contributed by atoms with van der Waals surface area (Å²) in [4.78, 5) is 0. The van der Waals surface area contributed by atoms with Crippen LogP contribution in [0.2, 0.25) is 0 Å². The van der Waals surface area contributed by atoms with Crippen molar-refractivity contribution in [2.45, 2.75) is 56.6 Å². The van der Waals surface area contributed by atoms with E-state index in [4.69, 9.17) is 0 Å². The third-order valence-corrected chi connectivity index (χ3v) is 6.12. The maximum Gasteiger partial charge on any atom is 0.257 e. The van der Waals surface area contributed by atoms with Gasteiger partial charge in [0.2, 0.25) is 0 Å². The number of rotatable bonds is 7. The van der Waals surface area contributed by atoms with Gasteiger partial charge < -0.3 is 5.32 Å². The van der Waals surface area contributed by atoms with Crippen molar-refractivity contribution in [1.82, 2.24) is 20.2 Å². The van der Waals surface area contributed by atoms with E-state index in [1.54, 1.807) is 6.20 Å². The summed E-state index contributed by atoms with van der Waals surface area (Å²) >= 11 is 0. The largest absolute Gasteiger partial charge is 0.310 e. The van der Waals surface area contributed by atoms with Gasteiger partial charge in [-0.15, -0.1) is 0 Å². The van der Waals surface area contributed by atoms with Crippen molar-refractivity contribution in [1.29, 1.82) is 0 Å². The summed E-state index contributed by atoms with van der Waals surface area (Å²) in [5, 5.41) is 10.1. The molecule has 0 bridgehead atoms. The SMILES string of the molecule is CC1CCCC1CNS(=O)(=O)c1[nH]ncc1CNC1CC1. The molecular formula is C14H24N4O2S. The molecule has 2 aliphatic rings. The molecule has 0 saturated heterocycles. The Morgan fingerprint density at radius 1 is 1.33 bits per heavy atom. The Hall–Kier alpha value is -0.920. The molecule has 0 radical (unpaired) electrons. The van der Waals surface area contributed by atoms with Gasteiger partial charge in [0.1, 0.15) is 0 Å². The Bertz CT molecular complexity index is 580. The summed E-state index contributed by atoms with van der Waals surface area (Å²) in [5.41, 5.74) is 0.717. The number of nitrogens with one attached hydrogen (secondary N) is 3. The van der Waals surface area contributed by atoms with E-state index in [0.29, 0.717) is 36.5 Å². The van der Waals surface area contributed by atoms with Gasteiger partial charge >= 0.3 is 0 Å². The molecule has 0 aromatic carbocycles. The Labute approximate surface area is 126 Å². The van der Waals surface area contributed by atoms with Gasteiger partial charge in [-0.05, 0) is 31.1 Å². The lowest BCUT2D eigenvalue weighted by Crippen LogP contribution is -2.31. The maximum absolute atomic E-state index is 12.4. The third-order valence-electron chi connectivity index (χ3n) is 4.68.